The maximum atomic E-state index is 14.4. The van der Waals surface area contributed by atoms with E-state index in [9.17, 15) is 14.3 Å². The fourth-order valence-corrected chi connectivity index (χ4v) is 6.44. The molecule has 6 aromatic rings. The lowest BCUT2D eigenvalue weighted by molar-refractivity contribution is 0.0942. The first-order valence-electron chi connectivity index (χ1n) is 16.9. The van der Waals surface area contributed by atoms with Crippen molar-refractivity contribution in [3.8, 4) is 22.9 Å². The van der Waals surface area contributed by atoms with E-state index in [-0.39, 0.29) is 11.3 Å². The van der Waals surface area contributed by atoms with Gasteiger partial charge >= 0.3 is 0 Å². The molecule has 0 aliphatic carbocycles. The topological polar surface area (TPSA) is 116 Å². The molecule has 0 saturated carbocycles. The normalized spacial score (nSPS) is 13.7. The zero-order chi connectivity index (χ0) is 35.3. The number of aromatic hydroxyl groups is 1. The molecule has 260 valence electrons. The Hall–Kier alpha value is -5.94. The quantitative estimate of drug-likeness (QED) is 0.130. The van der Waals surface area contributed by atoms with Crippen molar-refractivity contribution >= 4 is 28.2 Å². The predicted molar refractivity (Wildman–Crippen MR) is 196 cm³/mol. The molecule has 0 radical (unpaired) electrons. The van der Waals surface area contributed by atoms with Crippen LogP contribution in [0.5, 0.6) is 11.5 Å². The predicted octanol–water partition coefficient (Wildman–Crippen LogP) is 6.65. The van der Waals surface area contributed by atoms with E-state index in [1.165, 1.54) is 18.2 Å². The van der Waals surface area contributed by atoms with Gasteiger partial charge < -0.3 is 34.7 Å². The van der Waals surface area contributed by atoms with Crippen LogP contribution in [0.15, 0.2) is 103 Å². The highest BCUT2D eigenvalue weighted by Gasteiger charge is 2.24. The summed E-state index contributed by atoms with van der Waals surface area (Å²) in [5.41, 5.74) is 5.73. The largest absolute Gasteiger partial charge is 0.508 e. The first-order valence-corrected chi connectivity index (χ1v) is 16.9. The van der Waals surface area contributed by atoms with Crippen LogP contribution in [0.1, 0.15) is 33.2 Å². The number of methoxy groups -OCH3 is 1. The molecule has 2 aromatic heterocycles. The highest BCUT2D eigenvalue weighted by molar-refractivity contribution is 5.96. The molecule has 51 heavy (non-hydrogen) atoms. The van der Waals surface area contributed by atoms with Gasteiger partial charge in [0, 0.05) is 66.9 Å². The molecule has 3 N–H and O–H groups in total. The number of piperazine rings is 1. The van der Waals surface area contributed by atoms with Crippen molar-refractivity contribution in [2.75, 3.05) is 56.3 Å². The van der Waals surface area contributed by atoms with Crippen LogP contribution >= 0.6 is 0 Å². The van der Waals surface area contributed by atoms with Gasteiger partial charge in [0.15, 0.2) is 5.82 Å². The van der Waals surface area contributed by atoms with E-state index in [1.807, 2.05) is 67.8 Å². The third kappa shape index (κ3) is 7.63. The summed E-state index contributed by atoms with van der Waals surface area (Å²) in [7, 11) is 1.66. The van der Waals surface area contributed by atoms with Crippen LogP contribution in [0.4, 0.5) is 15.8 Å². The number of phenolic OH excluding ortho intramolecular Hbond substituents is 1. The van der Waals surface area contributed by atoms with Gasteiger partial charge in [0.05, 0.1) is 30.7 Å². The molecule has 7 rings (SSSR count). The van der Waals surface area contributed by atoms with Gasteiger partial charge in [0.1, 0.15) is 23.9 Å². The van der Waals surface area contributed by atoms with Gasteiger partial charge in [-0.25, -0.2) is 14.4 Å². The first-order chi connectivity index (χ1) is 24.8. The summed E-state index contributed by atoms with van der Waals surface area (Å²) in [6.45, 7) is 6.33. The minimum atomic E-state index is -0.847. The molecule has 11 heteroatoms. The maximum Gasteiger partial charge on any atom is 0.252 e. The summed E-state index contributed by atoms with van der Waals surface area (Å²) < 4.78 is 25.1. The highest BCUT2D eigenvalue weighted by atomic mass is 19.1. The number of H-pyrrole nitrogens is 1. The van der Waals surface area contributed by atoms with E-state index in [0.717, 1.165) is 59.8 Å². The number of halogens is 1. The molecular formula is C40H39FN6O4. The molecule has 10 nitrogen and oxygen atoms in total. The number of hydrogen-bond acceptors (Lipinski definition) is 8. The Morgan fingerprint density at radius 3 is 2.35 bits per heavy atom. The number of nitrogens with zero attached hydrogens (tertiary/aromatic N) is 4. The monoisotopic (exact) mass is 686 g/mol. The third-order valence-electron chi connectivity index (χ3n) is 9.08. The Morgan fingerprint density at radius 1 is 0.902 bits per heavy atom. The number of hydrogen-bond donors (Lipinski definition) is 3. The number of ether oxygens (including phenoxy) is 2. The zero-order valence-corrected chi connectivity index (χ0v) is 28.5. The van der Waals surface area contributed by atoms with Crippen molar-refractivity contribution in [3.63, 3.8) is 0 Å². The van der Waals surface area contributed by atoms with Crippen LogP contribution in [0.25, 0.3) is 22.3 Å². The third-order valence-corrected chi connectivity index (χ3v) is 9.08. The second-order valence-corrected chi connectivity index (χ2v) is 12.6. The number of nitrogens with one attached hydrogen (secondary N) is 2. The molecule has 0 bridgehead atoms. The van der Waals surface area contributed by atoms with Gasteiger partial charge in [-0.2, -0.15) is 0 Å². The van der Waals surface area contributed by atoms with Gasteiger partial charge in [0.2, 0.25) is 0 Å². The number of anilines is 2. The van der Waals surface area contributed by atoms with E-state index >= 15 is 0 Å². The van der Waals surface area contributed by atoms with Gasteiger partial charge in [-0.05, 0) is 90.7 Å². The number of phenols is 1. The summed E-state index contributed by atoms with van der Waals surface area (Å²) in [6, 6.07) is 26.0. The van der Waals surface area contributed by atoms with Crippen molar-refractivity contribution in [3.05, 3.63) is 132 Å². The fraction of sp³-hybridized carbons (Fsp3) is 0.225. The second kappa shape index (κ2) is 14.9. The SMILES string of the molecule is COCCOc1ccc(N2CCN(c3cnc(-c4cc(C)cc(C(=O)NC(c5cc6ccccc6[nH]5)c5cc(F)ccc5O)c4)nc3)CC2)cc1. The van der Waals surface area contributed by atoms with Crippen LogP contribution in [0, 0.1) is 12.7 Å². The first kappa shape index (κ1) is 33.6. The fourth-order valence-electron chi connectivity index (χ4n) is 6.44. The Labute approximate surface area is 295 Å². The summed E-state index contributed by atoms with van der Waals surface area (Å²) in [4.78, 5) is 31.1. The number of aryl methyl sites for hydroxylation is 1. The standard InChI is InChI=1S/C40H39FN6O4/c1-26-19-28(39-42-24-32(25-43-39)47-15-13-46(14-16-47)31-8-10-33(11-9-31)51-18-17-50-2)21-29(20-26)40(49)45-38(34-23-30(41)7-12-37(34)48)36-22-27-5-3-4-6-35(27)44-36/h3-12,19-25,38,44,48H,13-18H2,1-2H3,(H,45,49). The van der Waals surface area contributed by atoms with Crippen molar-refractivity contribution in [2.24, 2.45) is 0 Å². The molecule has 1 aliphatic heterocycles. The number of fused-ring (bicyclic) bond motifs is 1. The molecule has 1 unspecified atom stereocenters. The molecule has 1 amide bonds. The van der Waals surface area contributed by atoms with E-state index in [0.29, 0.717) is 35.9 Å². The van der Waals surface area contributed by atoms with Crippen molar-refractivity contribution < 1.29 is 23.8 Å². The van der Waals surface area contributed by atoms with Crippen LogP contribution in [0.2, 0.25) is 0 Å². The number of amides is 1. The summed E-state index contributed by atoms with van der Waals surface area (Å²) >= 11 is 0. The van der Waals surface area contributed by atoms with Crippen molar-refractivity contribution in [1.29, 1.82) is 0 Å². The van der Waals surface area contributed by atoms with Crippen molar-refractivity contribution in [2.45, 2.75) is 13.0 Å². The molecule has 1 fully saturated rings. The number of rotatable bonds is 11. The van der Waals surface area contributed by atoms with E-state index in [1.54, 1.807) is 19.2 Å². The van der Waals surface area contributed by atoms with Crippen molar-refractivity contribution in [1.82, 2.24) is 20.3 Å². The van der Waals surface area contributed by atoms with Gasteiger partial charge in [-0.3, -0.25) is 4.79 Å². The van der Waals surface area contributed by atoms with Gasteiger partial charge in [-0.15, -0.1) is 0 Å². The molecule has 3 heterocycles. The number of carbonyl (C=O) groups is 1. The van der Waals surface area contributed by atoms with E-state index in [4.69, 9.17) is 9.47 Å². The van der Waals surface area contributed by atoms with Crippen LogP contribution < -0.4 is 19.9 Å². The van der Waals surface area contributed by atoms with Crippen LogP contribution in [-0.4, -0.2) is 72.5 Å². The summed E-state index contributed by atoms with van der Waals surface area (Å²) in [5.74, 6) is 0.284. The lowest BCUT2D eigenvalue weighted by Crippen LogP contribution is -2.46. The van der Waals surface area contributed by atoms with Crippen LogP contribution in [-0.2, 0) is 4.74 Å². The summed E-state index contributed by atoms with van der Waals surface area (Å²) in [6.07, 6.45) is 3.65. The van der Waals surface area contributed by atoms with Gasteiger partial charge in [0.25, 0.3) is 5.91 Å². The number of aromatic nitrogens is 3. The Balaban J connectivity index is 1.05. The average Bonchev–Trinajstić information content (AvgIpc) is 3.59. The minimum Gasteiger partial charge on any atom is -0.508 e. The number of benzene rings is 4. The molecule has 1 aliphatic rings. The lowest BCUT2D eigenvalue weighted by atomic mass is 10.0. The lowest BCUT2D eigenvalue weighted by Gasteiger charge is -2.37. The molecule has 1 atom stereocenters. The Morgan fingerprint density at radius 2 is 1.63 bits per heavy atom. The minimum absolute atomic E-state index is 0.127. The average molecular weight is 687 g/mol. The smallest absolute Gasteiger partial charge is 0.252 e. The number of carbonyl (C=O) groups excluding carboxylic acids is 1. The van der Waals surface area contributed by atoms with E-state index in [2.05, 4.69) is 42.2 Å². The number of para-hydroxylation sites is 1. The van der Waals surface area contributed by atoms with E-state index < -0.39 is 17.8 Å². The zero-order valence-electron chi connectivity index (χ0n) is 28.5. The highest BCUT2D eigenvalue weighted by Crippen LogP contribution is 2.32. The van der Waals surface area contributed by atoms with Crippen LogP contribution in [0.3, 0.4) is 0 Å². The Bertz CT molecular complexity index is 2100. The molecule has 1 saturated heterocycles. The Kier molecular flexibility index (Phi) is 9.80. The summed E-state index contributed by atoms with van der Waals surface area (Å²) in [5, 5.41) is 14.7. The maximum absolute atomic E-state index is 14.4. The second-order valence-electron chi connectivity index (χ2n) is 12.6. The molecular weight excluding hydrogens is 647 g/mol. The van der Waals surface area contributed by atoms with Gasteiger partial charge in [-0.1, -0.05) is 18.2 Å². The molecule has 0 spiro atoms. The molecule has 4 aromatic carbocycles. The number of aromatic amines is 1.